The van der Waals surface area contributed by atoms with Crippen molar-refractivity contribution >= 4 is 11.9 Å². The number of aliphatic hydroxyl groups is 2. The molecule has 354 valence electrons. The molecular formula is C56H94O6. The molecule has 0 bridgehead atoms. The minimum absolute atomic E-state index is 0.0748. The summed E-state index contributed by atoms with van der Waals surface area (Å²) in [5.74, 6) is 9.41. The maximum Gasteiger partial charge on any atom is 0.330 e. The van der Waals surface area contributed by atoms with Gasteiger partial charge >= 0.3 is 11.9 Å². The average molecular weight is 863 g/mol. The Morgan fingerprint density at radius 3 is 1.50 bits per heavy atom. The number of methoxy groups -OCH3 is 2. The molecule has 0 aromatic heterocycles. The second-order valence-electron chi connectivity index (χ2n) is 25.0. The van der Waals surface area contributed by atoms with Gasteiger partial charge in [-0.2, -0.15) is 0 Å². The maximum absolute atomic E-state index is 11.8. The van der Waals surface area contributed by atoms with Gasteiger partial charge in [0.05, 0.1) is 26.4 Å². The van der Waals surface area contributed by atoms with E-state index in [-0.39, 0.29) is 29.6 Å². The highest BCUT2D eigenvalue weighted by atomic mass is 16.5. The Morgan fingerprint density at radius 1 is 0.613 bits per heavy atom. The topological polar surface area (TPSA) is 93.1 Å². The molecule has 0 aromatic carbocycles. The monoisotopic (exact) mass is 863 g/mol. The summed E-state index contributed by atoms with van der Waals surface area (Å²) >= 11 is 0. The van der Waals surface area contributed by atoms with E-state index in [0.29, 0.717) is 106 Å². The third-order valence-corrected chi connectivity index (χ3v) is 22.6. The molecule has 8 saturated carbocycles. The fourth-order valence-corrected chi connectivity index (χ4v) is 19.3. The van der Waals surface area contributed by atoms with Crippen molar-refractivity contribution in [2.45, 2.75) is 197 Å². The van der Waals surface area contributed by atoms with E-state index < -0.39 is 0 Å². The summed E-state index contributed by atoms with van der Waals surface area (Å²) in [7, 11) is 2.94. The molecule has 8 aliphatic rings. The zero-order valence-electron chi connectivity index (χ0n) is 41.8. The second-order valence-corrected chi connectivity index (χ2v) is 25.0. The number of hydrogen-bond acceptors (Lipinski definition) is 6. The molecule has 6 heteroatoms. The SMILES string of the molecule is CC[C@H]1[C@@H](O)[C@@H]2[C@H](CC[C@]3(C)[C@@H]([C@H](C)/C=C/C(=O)OC)CC[C@@H]23)[C@@]2(C)CC[C@@H](C)C[C@@H]12.CC[C@H]1[C@@H](O)[C@@H]2[C@H](CC[C@]3(C)[C@@H]([C@H](C)CCC(=O)OC)CC[C@@H]23)[C@@]2(C)CC[C@@H](C)C[C@@H]12. The molecule has 0 radical (unpaired) electrons. The number of carbonyl (C=O) groups is 2. The van der Waals surface area contributed by atoms with Gasteiger partial charge in [0.2, 0.25) is 0 Å². The molecule has 22 atom stereocenters. The van der Waals surface area contributed by atoms with Gasteiger partial charge in [-0.15, -0.1) is 0 Å². The molecule has 0 heterocycles. The number of rotatable bonds is 9. The zero-order chi connectivity index (χ0) is 45.1. The molecule has 8 rings (SSSR count). The highest BCUT2D eigenvalue weighted by Gasteiger charge is 2.66. The van der Waals surface area contributed by atoms with E-state index in [2.05, 4.69) is 75.3 Å². The van der Waals surface area contributed by atoms with Crippen LogP contribution in [0, 0.1) is 116 Å². The number of fused-ring (bicyclic) bond motifs is 10. The first-order valence-electron chi connectivity index (χ1n) is 26.5. The van der Waals surface area contributed by atoms with E-state index >= 15 is 0 Å². The normalized spacial score (nSPS) is 50.3. The molecule has 62 heavy (non-hydrogen) atoms. The van der Waals surface area contributed by atoms with Crippen LogP contribution < -0.4 is 0 Å². The van der Waals surface area contributed by atoms with Crippen LogP contribution in [0.1, 0.15) is 185 Å². The Bertz CT molecular complexity index is 1590. The van der Waals surface area contributed by atoms with Gasteiger partial charge in [0.25, 0.3) is 0 Å². The third-order valence-electron chi connectivity index (χ3n) is 22.6. The molecule has 6 nitrogen and oxygen atoms in total. The van der Waals surface area contributed by atoms with E-state index in [9.17, 15) is 19.8 Å². The molecule has 0 aliphatic heterocycles. The Labute approximate surface area is 379 Å². The van der Waals surface area contributed by atoms with Crippen molar-refractivity contribution in [3.8, 4) is 0 Å². The van der Waals surface area contributed by atoms with Crippen LogP contribution >= 0.6 is 0 Å². The van der Waals surface area contributed by atoms with E-state index in [4.69, 9.17) is 9.47 Å². The van der Waals surface area contributed by atoms with Crippen LogP contribution in [-0.2, 0) is 19.1 Å². The molecule has 0 saturated heterocycles. The number of carbonyl (C=O) groups excluding carboxylic acids is 2. The molecular weight excluding hydrogens is 769 g/mol. The van der Waals surface area contributed by atoms with Crippen molar-refractivity contribution in [1.82, 2.24) is 0 Å². The summed E-state index contributed by atoms with van der Waals surface area (Å²) in [6, 6.07) is 0. The zero-order valence-corrected chi connectivity index (χ0v) is 41.8. The average Bonchev–Trinajstić information content (AvgIpc) is 3.80. The minimum atomic E-state index is -0.255. The van der Waals surface area contributed by atoms with Gasteiger partial charge in [0.1, 0.15) is 0 Å². The minimum Gasteiger partial charge on any atom is -0.469 e. The summed E-state index contributed by atoms with van der Waals surface area (Å²) < 4.78 is 9.71. The van der Waals surface area contributed by atoms with E-state index in [1.165, 1.54) is 104 Å². The van der Waals surface area contributed by atoms with Crippen molar-refractivity contribution < 1.29 is 29.3 Å². The molecule has 8 aliphatic carbocycles. The van der Waals surface area contributed by atoms with Crippen LogP contribution in [0.2, 0.25) is 0 Å². The van der Waals surface area contributed by atoms with Gasteiger partial charge in [-0.25, -0.2) is 4.79 Å². The van der Waals surface area contributed by atoms with Crippen molar-refractivity contribution in [1.29, 1.82) is 0 Å². The molecule has 8 fully saturated rings. The first kappa shape index (κ1) is 48.5. The largest absolute Gasteiger partial charge is 0.469 e. The number of hydrogen-bond donors (Lipinski definition) is 2. The third kappa shape index (κ3) is 8.13. The molecule has 0 aromatic rings. The molecule has 2 N–H and O–H groups in total. The molecule has 0 unspecified atom stereocenters. The van der Waals surface area contributed by atoms with Gasteiger partial charge in [-0.3, -0.25) is 4.79 Å². The van der Waals surface area contributed by atoms with Crippen molar-refractivity contribution in [2.75, 3.05) is 14.2 Å². The lowest BCUT2D eigenvalue weighted by Crippen LogP contribution is -2.61. The first-order chi connectivity index (χ1) is 29.3. The van der Waals surface area contributed by atoms with Crippen molar-refractivity contribution in [2.24, 2.45) is 116 Å². The summed E-state index contributed by atoms with van der Waals surface area (Å²) in [6.45, 7) is 24.4. The first-order valence-corrected chi connectivity index (χ1v) is 26.5. The fourth-order valence-electron chi connectivity index (χ4n) is 19.3. The smallest absolute Gasteiger partial charge is 0.330 e. The summed E-state index contributed by atoms with van der Waals surface area (Å²) in [5.41, 5.74) is 1.42. The van der Waals surface area contributed by atoms with Crippen LogP contribution in [-0.4, -0.2) is 48.6 Å². The van der Waals surface area contributed by atoms with Crippen LogP contribution in [0.5, 0.6) is 0 Å². The van der Waals surface area contributed by atoms with E-state index in [1.54, 1.807) is 6.08 Å². The van der Waals surface area contributed by atoms with Gasteiger partial charge in [0.15, 0.2) is 0 Å². The second kappa shape index (κ2) is 18.7. The number of allylic oxidation sites excluding steroid dienone is 1. The van der Waals surface area contributed by atoms with E-state index in [0.717, 1.165) is 31.1 Å². The highest BCUT2D eigenvalue weighted by molar-refractivity contribution is 5.81. The fraction of sp³-hybridized carbons (Fsp3) is 0.929. The Hall–Kier alpha value is -1.40. The van der Waals surface area contributed by atoms with Crippen molar-refractivity contribution in [3.63, 3.8) is 0 Å². The summed E-state index contributed by atoms with van der Waals surface area (Å²) in [4.78, 5) is 23.4. The standard InChI is InChI=1S/C28H48O3.C28H46O3/c2*1-7-19-23-16-17(2)12-14-28(23,5)22-13-15-27(4)20(18(3)8-11-24(29)31-6)9-10-21(27)25(22)26(19)30/h17-23,25-26,30H,7-16H2,1-6H3;8,11,17-23,25-26,30H,7,9-10,12-16H2,1-6H3/b;11-8+/t2*17-,18-,19-,20-,21+,22+,23+,25+,26-,27-,28-/m11/s1. The van der Waals surface area contributed by atoms with Gasteiger partial charge in [-0.05, 0) is 200 Å². The maximum atomic E-state index is 11.8. The Kier molecular flexibility index (Phi) is 14.6. The van der Waals surface area contributed by atoms with E-state index in [1.807, 2.05) is 0 Å². The quantitative estimate of drug-likeness (QED) is 0.177. The number of esters is 2. The predicted molar refractivity (Wildman–Crippen MR) is 251 cm³/mol. The van der Waals surface area contributed by atoms with Crippen molar-refractivity contribution in [3.05, 3.63) is 12.2 Å². The van der Waals surface area contributed by atoms with Crippen LogP contribution in [0.15, 0.2) is 12.2 Å². The van der Waals surface area contributed by atoms with Gasteiger partial charge < -0.3 is 19.7 Å². The highest BCUT2D eigenvalue weighted by Crippen LogP contribution is 2.71. The number of aliphatic hydroxyl groups excluding tert-OH is 2. The van der Waals surface area contributed by atoms with Gasteiger partial charge in [-0.1, -0.05) is 101 Å². The summed E-state index contributed by atoms with van der Waals surface area (Å²) in [5, 5.41) is 23.7. The van der Waals surface area contributed by atoms with Gasteiger partial charge in [0, 0.05) is 12.5 Å². The predicted octanol–water partition coefficient (Wildman–Crippen LogP) is 12.7. The number of ether oxygens (including phenoxy) is 2. The summed E-state index contributed by atoms with van der Waals surface area (Å²) in [6.07, 6.45) is 25.4. The molecule has 0 amide bonds. The van der Waals surface area contributed by atoms with Crippen LogP contribution in [0.25, 0.3) is 0 Å². The van der Waals surface area contributed by atoms with Crippen LogP contribution in [0.3, 0.4) is 0 Å². The lowest BCUT2D eigenvalue weighted by Gasteiger charge is -2.65. The Morgan fingerprint density at radius 2 is 1.05 bits per heavy atom. The van der Waals surface area contributed by atoms with Crippen LogP contribution in [0.4, 0.5) is 0 Å². The lowest BCUT2D eigenvalue weighted by molar-refractivity contribution is -0.198. The Balaban J connectivity index is 0.000000186. The lowest BCUT2D eigenvalue weighted by atomic mass is 9.41. The molecule has 0 spiro atoms.